The van der Waals surface area contributed by atoms with E-state index in [0.29, 0.717) is 24.9 Å². The number of carbonyl (C=O) groups is 1. The Hall–Kier alpha value is -1.69. The first kappa shape index (κ1) is 26.9. The molecule has 1 aliphatic rings. The number of fused-ring (bicyclic) bond motifs is 1. The Kier molecular flexibility index (Phi) is 9.36. The van der Waals surface area contributed by atoms with Crippen LogP contribution in [0.2, 0.25) is 0 Å². The van der Waals surface area contributed by atoms with Crippen LogP contribution in [-0.2, 0) is 25.8 Å². The molecule has 184 valence electrons. The molecule has 0 unspecified atom stereocenters. The van der Waals surface area contributed by atoms with Gasteiger partial charge in [-0.05, 0) is 36.1 Å². The molecule has 1 aliphatic heterocycles. The number of hydrogen-bond donors (Lipinski definition) is 0. The normalized spacial score (nSPS) is 14.6. The van der Waals surface area contributed by atoms with E-state index in [9.17, 15) is 13.2 Å². The Balaban J connectivity index is 0.00000324. The summed E-state index contributed by atoms with van der Waals surface area (Å²) in [5.74, 6) is -0.0554. The van der Waals surface area contributed by atoms with Crippen LogP contribution in [0, 0.1) is 0 Å². The number of benzene rings is 2. The van der Waals surface area contributed by atoms with Crippen molar-refractivity contribution < 1.29 is 17.9 Å². The van der Waals surface area contributed by atoms with Gasteiger partial charge in [-0.3, -0.25) is 14.6 Å². The maximum absolute atomic E-state index is 13.4. The van der Waals surface area contributed by atoms with Gasteiger partial charge in [-0.25, -0.2) is 13.4 Å². The van der Waals surface area contributed by atoms with Gasteiger partial charge < -0.3 is 4.74 Å². The number of thiazole rings is 1. The summed E-state index contributed by atoms with van der Waals surface area (Å²) >= 11 is 3.17. The SMILES string of the molecule is CSc1cccc2sc(N(CCN3CCOCC3)C(=O)Cc3ccc(S(C)(=O)=O)cc3)nc12.Cl. The van der Waals surface area contributed by atoms with Crippen molar-refractivity contribution in [3.05, 3.63) is 48.0 Å². The van der Waals surface area contributed by atoms with Crippen LogP contribution in [0.4, 0.5) is 5.13 Å². The van der Waals surface area contributed by atoms with E-state index in [2.05, 4.69) is 4.90 Å². The highest BCUT2D eigenvalue weighted by molar-refractivity contribution is 7.98. The molecule has 7 nitrogen and oxygen atoms in total. The molecule has 0 aliphatic carbocycles. The second-order valence-corrected chi connectivity index (χ2v) is 11.8. The van der Waals surface area contributed by atoms with E-state index < -0.39 is 9.84 Å². The molecule has 0 N–H and O–H groups in total. The van der Waals surface area contributed by atoms with Gasteiger partial charge in [-0.15, -0.1) is 24.2 Å². The average molecular weight is 542 g/mol. The zero-order valence-corrected chi connectivity index (χ0v) is 22.4. The molecule has 0 atom stereocenters. The second kappa shape index (κ2) is 11.8. The van der Waals surface area contributed by atoms with Gasteiger partial charge in [0.25, 0.3) is 0 Å². The summed E-state index contributed by atoms with van der Waals surface area (Å²) < 4.78 is 30.0. The van der Waals surface area contributed by atoms with Crippen LogP contribution in [0.25, 0.3) is 10.2 Å². The number of amides is 1. The molecule has 4 rings (SSSR count). The minimum absolute atomic E-state index is 0. The average Bonchev–Trinajstić information content (AvgIpc) is 3.23. The third-order valence-electron chi connectivity index (χ3n) is 5.57. The zero-order chi connectivity index (χ0) is 23.4. The van der Waals surface area contributed by atoms with E-state index in [-0.39, 0.29) is 29.6 Å². The second-order valence-electron chi connectivity index (χ2n) is 7.90. The smallest absolute Gasteiger partial charge is 0.233 e. The van der Waals surface area contributed by atoms with Gasteiger partial charge in [-0.1, -0.05) is 29.5 Å². The van der Waals surface area contributed by atoms with E-state index in [0.717, 1.165) is 40.3 Å². The maximum Gasteiger partial charge on any atom is 0.233 e. The number of hydrogen-bond acceptors (Lipinski definition) is 8. The van der Waals surface area contributed by atoms with Gasteiger partial charge in [0.1, 0.15) is 0 Å². The van der Waals surface area contributed by atoms with Crippen molar-refractivity contribution in [1.82, 2.24) is 9.88 Å². The van der Waals surface area contributed by atoms with Gasteiger partial charge in [0, 0.05) is 37.3 Å². The predicted molar refractivity (Wildman–Crippen MR) is 142 cm³/mol. The monoisotopic (exact) mass is 541 g/mol. The number of carbonyl (C=O) groups excluding carboxylic acids is 1. The number of halogens is 1. The van der Waals surface area contributed by atoms with Crippen molar-refractivity contribution in [2.24, 2.45) is 0 Å². The number of anilines is 1. The first-order valence-corrected chi connectivity index (χ1v) is 14.6. The zero-order valence-electron chi connectivity index (χ0n) is 19.1. The molecule has 1 amide bonds. The standard InChI is InChI=1S/C23H27N3O4S3.ClH/c1-31-19-4-3-5-20-22(19)24-23(32-20)26(11-10-25-12-14-30-15-13-25)21(27)16-17-6-8-18(9-7-17)33(2,28)29;/h3-9H,10-16H2,1-2H3;1H. The summed E-state index contributed by atoms with van der Waals surface area (Å²) in [6.45, 7) is 4.40. The third-order valence-corrected chi connectivity index (χ3v) is 8.51. The maximum atomic E-state index is 13.4. The largest absolute Gasteiger partial charge is 0.379 e. The van der Waals surface area contributed by atoms with Gasteiger partial charge in [0.15, 0.2) is 15.0 Å². The van der Waals surface area contributed by atoms with Crippen molar-refractivity contribution in [2.45, 2.75) is 16.2 Å². The van der Waals surface area contributed by atoms with Gasteiger partial charge >= 0.3 is 0 Å². The molecule has 34 heavy (non-hydrogen) atoms. The fraction of sp³-hybridized carbons (Fsp3) is 0.391. The van der Waals surface area contributed by atoms with Crippen molar-refractivity contribution in [3.8, 4) is 0 Å². The van der Waals surface area contributed by atoms with Gasteiger partial charge in [0.2, 0.25) is 5.91 Å². The number of thioether (sulfide) groups is 1. The van der Waals surface area contributed by atoms with Crippen LogP contribution in [0.1, 0.15) is 5.56 Å². The fourth-order valence-corrected chi connectivity index (χ4v) is 6.00. The fourth-order valence-electron chi connectivity index (χ4n) is 3.71. The Morgan fingerprint density at radius 2 is 1.88 bits per heavy atom. The van der Waals surface area contributed by atoms with Crippen molar-refractivity contribution in [2.75, 3.05) is 56.8 Å². The molecule has 3 aromatic rings. The third kappa shape index (κ3) is 6.50. The molecule has 2 aromatic carbocycles. The van der Waals surface area contributed by atoms with Crippen LogP contribution in [0.3, 0.4) is 0 Å². The lowest BCUT2D eigenvalue weighted by atomic mass is 10.1. The molecule has 0 bridgehead atoms. The topological polar surface area (TPSA) is 79.8 Å². The van der Waals surface area contributed by atoms with Crippen molar-refractivity contribution >= 4 is 66.6 Å². The highest BCUT2D eigenvalue weighted by Crippen LogP contribution is 2.34. The first-order chi connectivity index (χ1) is 15.8. The van der Waals surface area contributed by atoms with Crippen LogP contribution in [-0.4, -0.2) is 76.1 Å². The number of nitrogens with zero attached hydrogens (tertiary/aromatic N) is 3. The highest BCUT2D eigenvalue weighted by atomic mass is 35.5. The van der Waals surface area contributed by atoms with Crippen molar-refractivity contribution in [3.63, 3.8) is 0 Å². The summed E-state index contributed by atoms with van der Waals surface area (Å²) in [5.41, 5.74) is 1.70. The molecular weight excluding hydrogens is 514 g/mol. The lowest BCUT2D eigenvalue weighted by Crippen LogP contribution is -2.43. The Labute approximate surface area is 214 Å². The van der Waals surface area contributed by atoms with Gasteiger partial charge in [-0.2, -0.15) is 0 Å². The molecule has 0 spiro atoms. The van der Waals surface area contributed by atoms with Crippen molar-refractivity contribution in [1.29, 1.82) is 0 Å². The van der Waals surface area contributed by atoms with E-state index in [1.54, 1.807) is 40.9 Å². The number of aromatic nitrogens is 1. The summed E-state index contributed by atoms with van der Waals surface area (Å²) in [6.07, 6.45) is 3.38. The van der Waals surface area contributed by atoms with Crippen LogP contribution in [0.15, 0.2) is 52.3 Å². The number of ether oxygens (including phenoxy) is 1. The van der Waals surface area contributed by atoms with E-state index in [1.165, 1.54) is 17.6 Å². The molecular formula is C23H28ClN3O4S3. The van der Waals surface area contributed by atoms with Crippen LogP contribution < -0.4 is 4.90 Å². The summed E-state index contributed by atoms with van der Waals surface area (Å²) in [7, 11) is -3.27. The Bertz CT molecular complexity index is 1230. The number of para-hydroxylation sites is 1. The van der Waals surface area contributed by atoms with E-state index >= 15 is 0 Å². The molecule has 1 saturated heterocycles. The summed E-state index contributed by atoms with van der Waals surface area (Å²) in [6, 6.07) is 12.6. The van der Waals surface area contributed by atoms with Crippen LogP contribution in [0.5, 0.6) is 0 Å². The quantitative estimate of drug-likeness (QED) is 0.402. The molecule has 1 fully saturated rings. The predicted octanol–water partition coefficient (Wildman–Crippen LogP) is 3.75. The van der Waals surface area contributed by atoms with Gasteiger partial charge in [0.05, 0.1) is 34.7 Å². The molecule has 1 aromatic heterocycles. The number of morpholine rings is 1. The molecule has 11 heteroatoms. The first-order valence-electron chi connectivity index (χ1n) is 10.7. The minimum atomic E-state index is -3.27. The summed E-state index contributed by atoms with van der Waals surface area (Å²) in [4.78, 5) is 23.7. The Morgan fingerprint density at radius 3 is 2.53 bits per heavy atom. The van der Waals surface area contributed by atoms with E-state index in [1.807, 2.05) is 24.5 Å². The molecule has 0 radical (unpaired) electrons. The lowest BCUT2D eigenvalue weighted by molar-refractivity contribution is -0.118. The molecule has 2 heterocycles. The Morgan fingerprint density at radius 1 is 1.18 bits per heavy atom. The molecule has 0 saturated carbocycles. The van der Waals surface area contributed by atoms with Crippen LogP contribution >= 0.6 is 35.5 Å². The number of rotatable bonds is 8. The summed E-state index contributed by atoms with van der Waals surface area (Å²) in [5, 5.41) is 0.692. The number of sulfone groups is 1. The highest BCUT2D eigenvalue weighted by Gasteiger charge is 2.22. The lowest BCUT2D eigenvalue weighted by Gasteiger charge is -2.29. The van der Waals surface area contributed by atoms with E-state index in [4.69, 9.17) is 9.72 Å². The minimum Gasteiger partial charge on any atom is -0.379 e.